The Balaban J connectivity index is 1.80. The van der Waals surface area contributed by atoms with Crippen molar-refractivity contribution in [3.8, 4) is 0 Å². The second-order valence-corrected chi connectivity index (χ2v) is 5.87. The Labute approximate surface area is 110 Å². The van der Waals surface area contributed by atoms with Crippen molar-refractivity contribution in [3.05, 3.63) is 17.2 Å². The predicted octanol–water partition coefficient (Wildman–Crippen LogP) is 2.46. The maximum atomic E-state index is 4.78. The number of rotatable bonds is 5. The van der Waals surface area contributed by atoms with Crippen LogP contribution in [0.5, 0.6) is 0 Å². The summed E-state index contributed by atoms with van der Waals surface area (Å²) in [5, 5.41) is 3.67. The van der Waals surface area contributed by atoms with Gasteiger partial charge in [0.2, 0.25) is 0 Å². The van der Waals surface area contributed by atoms with Crippen LogP contribution >= 0.6 is 0 Å². The fourth-order valence-corrected chi connectivity index (χ4v) is 3.32. The van der Waals surface area contributed by atoms with E-state index in [1.165, 1.54) is 55.7 Å². The molecule has 0 radical (unpaired) electrons. The van der Waals surface area contributed by atoms with Gasteiger partial charge in [-0.1, -0.05) is 6.92 Å². The van der Waals surface area contributed by atoms with Crippen LogP contribution in [0.1, 0.15) is 49.8 Å². The Hall–Kier alpha value is -0.830. The Morgan fingerprint density at radius 2 is 2.11 bits per heavy atom. The van der Waals surface area contributed by atoms with E-state index in [2.05, 4.69) is 23.7 Å². The van der Waals surface area contributed by atoms with Gasteiger partial charge in [0.05, 0.1) is 5.69 Å². The first-order valence-corrected chi connectivity index (χ1v) is 7.58. The zero-order chi connectivity index (χ0) is 12.5. The predicted molar refractivity (Wildman–Crippen MR) is 73.8 cm³/mol. The molecule has 1 unspecified atom stereocenters. The van der Waals surface area contributed by atoms with Crippen molar-refractivity contribution in [2.75, 3.05) is 6.54 Å². The van der Waals surface area contributed by atoms with Crippen LogP contribution in [0.25, 0.3) is 0 Å². The van der Waals surface area contributed by atoms with E-state index in [1.54, 1.807) is 0 Å². The molecule has 0 amide bonds. The van der Waals surface area contributed by atoms with Crippen LogP contribution in [0.4, 0.5) is 0 Å². The fourth-order valence-electron chi connectivity index (χ4n) is 3.32. The summed E-state index contributed by atoms with van der Waals surface area (Å²) in [5.41, 5.74) is 2.91. The molecule has 100 valence electrons. The van der Waals surface area contributed by atoms with Crippen molar-refractivity contribution < 1.29 is 0 Å². The zero-order valence-corrected chi connectivity index (χ0v) is 11.7. The molecule has 1 fully saturated rings. The second kappa shape index (κ2) is 5.04. The maximum Gasteiger partial charge on any atom is 0.106 e. The Morgan fingerprint density at radius 1 is 1.33 bits per heavy atom. The van der Waals surface area contributed by atoms with Crippen molar-refractivity contribution in [2.24, 2.45) is 5.92 Å². The van der Waals surface area contributed by atoms with E-state index in [4.69, 9.17) is 4.98 Å². The summed E-state index contributed by atoms with van der Waals surface area (Å²) in [4.78, 5) is 4.78. The van der Waals surface area contributed by atoms with Crippen molar-refractivity contribution in [2.45, 2.75) is 65.0 Å². The lowest BCUT2D eigenvalue weighted by Crippen LogP contribution is -2.35. The highest BCUT2D eigenvalue weighted by atomic mass is 15.1. The van der Waals surface area contributed by atoms with E-state index < -0.39 is 0 Å². The summed E-state index contributed by atoms with van der Waals surface area (Å²) in [6.45, 7) is 6.60. The number of imidazole rings is 1. The van der Waals surface area contributed by atoms with Crippen LogP contribution in [0, 0.1) is 12.8 Å². The van der Waals surface area contributed by atoms with E-state index in [9.17, 15) is 0 Å². The van der Waals surface area contributed by atoms with E-state index in [-0.39, 0.29) is 0 Å². The third-order valence-electron chi connectivity index (χ3n) is 4.46. The van der Waals surface area contributed by atoms with Gasteiger partial charge in [-0.3, -0.25) is 0 Å². The summed E-state index contributed by atoms with van der Waals surface area (Å²) in [6.07, 6.45) is 7.91. The smallest absolute Gasteiger partial charge is 0.106 e. The third kappa shape index (κ3) is 2.33. The van der Waals surface area contributed by atoms with Crippen molar-refractivity contribution in [1.82, 2.24) is 14.9 Å². The quantitative estimate of drug-likeness (QED) is 0.866. The second-order valence-electron chi connectivity index (χ2n) is 5.87. The lowest BCUT2D eigenvalue weighted by molar-refractivity contribution is 0.404. The first-order valence-electron chi connectivity index (χ1n) is 7.58. The molecule has 18 heavy (non-hydrogen) atoms. The van der Waals surface area contributed by atoms with Crippen LogP contribution in [-0.4, -0.2) is 22.1 Å². The molecule has 0 saturated heterocycles. The molecule has 3 nitrogen and oxygen atoms in total. The van der Waals surface area contributed by atoms with Gasteiger partial charge in [-0.15, -0.1) is 0 Å². The highest BCUT2D eigenvalue weighted by Gasteiger charge is 2.32. The molecule has 2 aliphatic carbocycles. The topological polar surface area (TPSA) is 29.9 Å². The van der Waals surface area contributed by atoms with Gasteiger partial charge in [0, 0.05) is 18.3 Å². The summed E-state index contributed by atoms with van der Waals surface area (Å²) in [5.74, 6) is 2.14. The van der Waals surface area contributed by atoms with Gasteiger partial charge in [-0.25, -0.2) is 4.98 Å². The molecule has 3 rings (SSSR count). The number of hydrogen-bond donors (Lipinski definition) is 1. The normalized spacial score (nSPS) is 20.8. The average Bonchev–Trinajstić information content (AvgIpc) is 3.15. The number of nitrogens with one attached hydrogen (secondary N) is 1. The van der Waals surface area contributed by atoms with Gasteiger partial charge in [0.25, 0.3) is 0 Å². The van der Waals surface area contributed by atoms with Gasteiger partial charge < -0.3 is 9.88 Å². The van der Waals surface area contributed by atoms with Crippen LogP contribution in [0.15, 0.2) is 0 Å². The first kappa shape index (κ1) is 12.2. The van der Waals surface area contributed by atoms with E-state index >= 15 is 0 Å². The number of hydrogen-bond acceptors (Lipinski definition) is 2. The molecule has 1 aromatic rings. The molecule has 2 aliphatic rings. The number of fused-ring (bicyclic) bond motifs is 1. The van der Waals surface area contributed by atoms with Gasteiger partial charge in [-0.2, -0.15) is 0 Å². The average molecular weight is 247 g/mol. The molecular weight excluding hydrogens is 222 g/mol. The summed E-state index contributed by atoms with van der Waals surface area (Å²) < 4.78 is 2.50. The van der Waals surface area contributed by atoms with Gasteiger partial charge in [-0.05, 0) is 57.9 Å². The molecule has 0 spiro atoms. The minimum atomic E-state index is 0.661. The number of likely N-dealkylation sites (N-methyl/N-ethyl adjacent to an activating group) is 1. The molecule has 1 heterocycles. The molecule has 3 heteroatoms. The highest BCUT2D eigenvalue weighted by Crippen LogP contribution is 2.34. The Bertz CT molecular complexity index is 418. The standard InChI is InChI=1S/C15H25N3/c1-3-16-14(12-8-9-12)10-18-11(2)17-13-6-4-5-7-15(13)18/h12,14,16H,3-10H2,1-2H3. The molecule has 0 aliphatic heterocycles. The van der Waals surface area contributed by atoms with Crippen molar-refractivity contribution in [1.29, 1.82) is 0 Å². The first-order chi connectivity index (χ1) is 8.79. The van der Waals surface area contributed by atoms with E-state index in [0.717, 1.165) is 19.0 Å². The van der Waals surface area contributed by atoms with Crippen LogP contribution in [0.3, 0.4) is 0 Å². The van der Waals surface area contributed by atoms with E-state index in [1.807, 2.05) is 0 Å². The molecule has 1 N–H and O–H groups in total. The SMILES string of the molecule is CCNC(Cn1c(C)nc2c1CCCC2)C1CC1. The number of nitrogens with zero attached hydrogens (tertiary/aromatic N) is 2. The van der Waals surface area contributed by atoms with E-state index in [0.29, 0.717) is 6.04 Å². The van der Waals surface area contributed by atoms with Crippen molar-refractivity contribution in [3.63, 3.8) is 0 Å². The maximum absolute atomic E-state index is 4.78. The lowest BCUT2D eigenvalue weighted by atomic mass is 10.0. The minimum Gasteiger partial charge on any atom is -0.330 e. The van der Waals surface area contributed by atoms with Gasteiger partial charge in [0.1, 0.15) is 5.82 Å². The Morgan fingerprint density at radius 3 is 2.83 bits per heavy atom. The zero-order valence-electron chi connectivity index (χ0n) is 11.7. The van der Waals surface area contributed by atoms with Gasteiger partial charge >= 0.3 is 0 Å². The molecule has 0 aromatic carbocycles. The van der Waals surface area contributed by atoms with Crippen LogP contribution < -0.4 is 5.32 Å². The van der Waals surface area contributed by atoms with Crippen LogP contribution in [-0.2, 0) is 19.4 Å². The lowest BCUT2D eigenvalue weighted by Gasteiger charge is -2.21. The molecule has 1 atom stereocenters. The largest absolute Gasteiger partial charge is 0.330 e. The molecule has 1 saturated carbocycles. The minimum absolute atomic E-state index is 0.661. The number of aryl methyl sites for hydroxylation is 2. The summed E-state index contributed by atoms with van der Waals surface area (Å²) in [7, 11) is 0. The Kier molecular flexibility index (Phi) is 3.42. The molecule has 0 bridgehead atoms. The molecular formula is C15H25N3. The highest BCUT2D eigenvalue weighted by molar-refractivity contribution is 5.20. The van der Waals surface area contributed by atoms with Gasteiger partial charge in [0.15, 0.2) is 0 Å². The van der Waals surface area contributed by atoms with Crippen LogP contribution in [0.2, 0.25) is 0 Å². The molecule has 1 aromatic heterocycles. The van der Waals surface area contributed by atoms with Crippen molar-refractivity contribution >= 4 is 0 Å². The number of aromatic nitrogens is 2. The fraction of sp³-hybridized carbons (Fsp3) is 0.800. The summed E-state index contributed by atoms with van der Waals surface area (Å²) >= 11 is 0. The monoisotopic (exact) mass is 247 g/mol. The third-order valence-corrected chi connectivity index (χ3v) is 4.46. The summed E-state index contributed by atoms with van der Waals surface area (Å²) in [6, 6.07) is 0.661.